The van der Waals surface area contributed by atoms with E-state index in [4.69, 9.17) is 4.74 Å². The summed E-state index contributed by atoms with van der Waals surface area (Å²) in [5.74, 6) is 0.680. The number of rotatable bonds is 6. The third-order valence-electron chi connectivity index (χ3n) is 6.40. The Morgan fingerprint density at radius 3 is 2.57 bits per heavy atom. The van der Waals surface area contributed by atoms with Crippen LogP contribution in [0.2, 0.25) is 0 Å². The molecule has 0 spiro atoms. The summed E-state index contributed by atoms with van der Waals surface area (Å²) in [5.41, 5.74) is 1.66. The number of aryl methyl sites for hydroxylation is 1. The lowest BCUT2D eigenvalue weighted by atomic mass is 10.1. The van der Waals surface area contributed by atoms with Crippen LogP contribution < -0.4 is 5.32 Å². The molecule has 3 heterocycles. The van der Waals surface area contributed by atoms with Gasteiger partial charge in [-0.3, -0.25) is 19.2 Å². The highest BCUT2D eigenvalue weighted by Crippen LogP contribution is 2.39. The molecule has 1 aromatic rings. The number of carbonyl (C=O) groups excluding carboxylic acids is 2. The van der Waals surface area contributed by atoms with Crippen molar-refractivity contribution in [3.05, 3.63) is 17.5 Å². The second kappa shape index (κ2) is 8.21. The van der Waals surface area contributed by atoms with Gasteiger partial charge in [0.25, 0.3) is 5.91 Å². The van der Waals surface area contributed by atoms with Crippen molar-refractivity contribution in [1.82, 2.24) is 24.9 Å². The number of nitrogens with zero attached hydrogens (tertiary/aromatic N) is 4. The van der Waals surface area contributed by atoms with Crippen LogP contribution in [0.15, 0.2) is 6.07 Å². The second-order valence-electron chi connectivity index (χ2n) is 8.31. The van der Waals surface area contributed by atoms with E-state index in [0.717, 1.165) is 18.5 Å². The lowest BCUT2D eigenvalue weighted by Gasteiger charge is -2.30. The van der Waals surface area contributed by atoms with E-state index < -0.39 is 0 Å². The van der Waals surface area contributed by atoms with Gasteiger partial charge in [0, 0.05) is 56.8 Å². The lowest BCUT2D eigenvalue weighted by Crippen LogP contribution is -2.45. The maximum Gasteiger partial charge on any atom is 0.271 e. The average molecular weight is 390 g/mol. The molecule has 4 rings (SSSR count). The molecule has 1 N–H and O–H groups in total. The molecule has 3 fully saturated rings. The zero-order chi connectivity index (χ0) is 19.7. The third kappa shape index (κ3) is 4.22. The van der Waals surface area contributed by atoms with Crippen LogP contribution in [0.25, 0.3) is 0 Å². The SMILES string of the molecule is CN1[C@@H](CC(=O)N2CCOCC2)CC[C@H]1CNC(=O)c1cc(C2CC2)n(C)n1. The van der Waals surface area contributed by atoms with Gasteiger partial charge in [0.2, 0.25) is 5.91 Å². The highest BCUT2D eigenvalue weighted by Gasteiger charge is 2.33. The predicted molar refractivity (Wildman–Crippen MR) is 104 cm³/mol. The van der Waals surface area contributed by atoms with Gasteiger partial charge in [-0.05, 0) is 38.8 Å². The van der Waals surface area contributed by atoms with Gasteiger partial charge in [-0.25, -0.2) is 0 Å². The zero-order valence-corrected chi connectivity index (χ0v) is 16.9. The van der Waals surface area contributed by atoms with E-state index in [2.05, 4.69) is 22.4 Å². The van der Waals surface area contributed by atoms with Crippen LogP contribution in [0.1, 0.15) is 54.2 Å². The van der Waals surface area contributed by atoms with Crippen molar-refractivity contribution in [2.45, 2.75) is 50.1 Å². The van der Waals surface area contributed by atoms with Gasteiger partial charge in [-0.1, -0.05) is 0 Å². The monoisotopic (exact) mass is 389 g/mol. The van der Waals surface area contributed by atoms with Crippen molar-refractivity contribution < 1.29 is 14.3 Å². The van der Waals surface area contributed by atoms with Crippen molar-refractivity contribution in [3.8, 4) is 0 Å². The van der Waals surface area contributed by atoms with E-state index in [1.807, 2.05) is 22.7 Å². The van der Waals surface area contributed by atoms with Crippen molar-refractivity contribution >= 4 is 11.8 Å². The molecule has 1 saturated carbocycles. The minimum atomic E-state index is -0.108. The Hall–Kier alpha value is -1.93. The van der Waals surface area contributed by atoms with E-state index >= 15 is 0 Å². The smallest absolute Gasteiger partial charge is 0.271 e. The molecule has 2 atom stereocenters. The summed E-state index contributed by atoms with van der Waals surface area (Å²) in [4.78, 5) is 29.2. The predicted octanol–water partition coefficient (Wildman–Crippen LogP) is 0.739. The fourth-order valence-electron chi connectivity index (χ4n) is 4.38. The summed E-state index contributed by atoms with van der Waals surface area (Å²) in [6.07, 6.45) is 4.91. The molecule has 154 valence electrons. The van der Waals surface area contributed by atoms with E-state index in [9.17, 15) is 9.59 Å². The third-order valence-corrected chi connectivity index (χ3v) is 6.40. The fraction of sp³-hybridized carbons (Fsp3) is 0.750. The first kappa shape index (κ1) is 19.4. The number of carbonyl (C=O) groups is 2. The summed E-state index contributed by atoms with van der Waals surface area (Å²) in [5, 5.41) is 7.41. The number of morpholine rings is 1. The van der Waals surface area contributed by atoms with Crippen LogP contribution in [-0.4, -0.2) is 83.4 Å². The molecule has 28 heavy (non-hydrogen) atoms. The Kier molecular flexibility index (Phi) is 5.68. The van der Waals surface area contributed by atoms with Crippen molar-refractivity contribution in [1.29, 1.82) is 0 Å². The summed E-state index contributed by atoms with van der Waals surface area (Å²) < 4.78 is 7.16. The highest BCUT2D eigenvalue weighted by atomic mass is 16.5. The van der Waals surface area contributed by atoms with E-state index in [0.29, 0.717) is 50.9 Å². The Balaban J connectivity index is 1.25. The average Bonchev–Trinajstić information content (AvgIpc) is 3.39. The summed E-state index contributed by atoms with van der Waals surface area (Å²) in [6, 6.07) is 2.43. The molecule has 0 unspecified atom stereocenters. The van der Waals surface area contributed by atoms with Gasteiger partial charge in [0.05, 0.1) is 13.2 Å². The Bertz CT molecular complexity index is 723. The first-order valence-electron chi connectivity index (χ1n) is 10.4. The van der Waals surface area contributed by atoms with Gasteiger partial charge in [0.15, 0.2) is 0 Å². The minimum Gasteiger partial charge on any atom is -0.378 e. The van der Waals surface area contributed by atoms with Crippen LogP contribution in [0.3, 0.4) is 0 Å². The molecule has 2 aliphatic heterocycles. The number of ether oxygens (including phenoxy) is 1. The highest BCUT2D eigenvalue weighted by molar-refractivity contribution is 5.92. The van der Waals surface area contributed by atoms with E-state index in [-0.39, 0.29) is 23.9 Å². The normalized spacial score (nSPS) is 25.9. The number of amides is 2. The molecule has 1 aromatic heterocycles. The first-order valence-corrected chi connectivity index (χ1v) is 10.4. The Labute approximate surface area is 166 Å². The Morgan fingerprint density at radius 2 is 1.86 bits per heavy atom. The van der Waals surface area contributed by atoms with E-state index in [1.54, 1.807) is 0 Å². The number of hydrogen-bond acceptors (Lipinski definition) is 5. The summed E-state index contributed by atoms with van der Waals surface area (Å²) >= 11 is 0. The maximum atomic E-state index is 12.5. The molecule has 3 aliphatic rings. The molecule has 2 amide bonds. The van der Waals surface area contributed by atoms with Gasteiger partial charge in [-0.15, -0.1) is 0 Å². The second-order valence-corrected chi connectivity index (χ2v) is 8.31. The molecule has 0 aromatic carbocycles. The topological polar surface area (TPSA) is 79.7 Å². The standard InChI is InChI=1S/C20H31N5O3/c1-23-15(11-19(26)25-7-9-28-10-8-25)5-6-16(23)13-21-20(27)17-12-18(14-3-4-14)24(2)22-17/h12,14-16H,3-11,13H2,1-2H3,(H,21,27)/t15-,16+/m1/s1. The Morgan fingerprint density at radius 1 is 1.14 bits per heavy atom. The van der Waals surface area contributed by atoms with Gasteiger partial charge >= 0.3 is 0 Å². The molecular weight excluding hydrogens is 358 g/mol. The van der Waals surface area contributed by atoms with Gasteiger partial charge < -0.3 is 15.0 Å². The van der Waals surface area contributed by atoms with Crippen LogP contribution in [0.5, 0.6) is 0 Å². The van der Waals surface area contributed by atoms with Crippen LogP contribution in [0.4, 0.5) is 0 Å². The van der Waals surface area contributed by atoms with Crippen molar-refractivity contribution in [2.24, 2.45) is 7.05 Å². The zero-order valence-electron chi connectivity index (χ0n) is 16.9. The van der Waals surface area contributed by atoms with Crippen molar-refractivity contribution in [2.75, 3.05) is 39.9 Å². The molecule has 0 radical (unpaired) electrons. The number of aromatic nitrogens is 2. The number of hydrogen-bond donors (Lipinski definition) is 1. The number of nitrogens with one attached hydrogen (secondary N) is 1. The van der Waals surface area contributed by atoms with Crippen LogP contribution in [0, 0.1) is 0 Å². The molecule has 8 heteroatoms. The van der Waals surface area contributed by atoms with Crippen LogP contribution in [-0.2, 0) is 16.6 Å². The van der Waals surface area contributed by atoms with Gasteiger partial charge in [-0.2, -0.15) is 5.10 Å². The fourth-order valence-corrected chi connectivity index (χ4v) is 4.38. The van der Waals surface area contributed by atoms with Crippen molar-refractivity contribution in [3.63, 3.8) is 0 Å². The molecule has 2 saturated heterocycles. The first-order chi connectivity index (χ1) is 13.5. The lowest BCUT2D eigenvalue weighted by molar-refractivity contribution is -0.136. The molecular formula is C20H31N5O3. The van der Waals surface area contributed by atoms with Gasteiger partial charge in [0.1, 0.15) is 5.69 Å². The maximum absolute atomic E-state index is 12.5. The largest absolute Gasteiger partial charge is 0.378 e. The summed E-state index contributed by atoms with van der Waals surface area (Å²) in [6.45, 7) is 3.25. The quantitative estimate of drug-likeness (QED) is 0.776. The van der Waals surface area contributed by atoms with E-state index in [1.165, 1.54) is 12.8 Å². The molecule has 1 aliphatic carbocycles. The number of likely N-dealkylation sites (N-methyl/N-ethyl adjacent to an activating group) is 1. The molecule has 8 nitrogen and oxygen atoms in total. The molecule has 0 bridgehead atoms. The van der Waals surface area contributed by atoms with Crippen LogP contribution >= 0.6 is 0 Å². The minimum absolute atomic E-state index is 0.108. The number of likely N-dealkylation sites (tertiary alicyclic amines) is 1. The summed E-state index contributed by atoms with van der Waals surface area (Å²) in [7, 11) is 3.97.